The number of nitrogens with zero attached hydrogens (tertiary/aromatic N) is 4. The van der Waals surface area contributed by atoms with Gasteiger partial charge in [-0.05, 0) is 69.7 Å². The Morgan fingerprint density at radius 2 is 1.29 bits per heavy atom. The maximum Gasteiger partial charge on any atom is 0.373 e. The predicted molar refractivity (Wildman–Crippen MR) is 233 cm³/mol. The number of aromatic nitrogens is 4. The number of carbonyl (C=O) groups excluding carboxylic acids is 6. The van der Waals surface area contributed by atoms with Gasteiger partial charge in [-0.25, -0.2) is 0 Å². The number of hydrogen-bond donors (Lipinski definition) is 3. The van der Waals surface area contributed by atoms with Gasteiger partial charge < -0.3 is 15.3 Å². The molecule has 0 unspecified atom stereocenters. The molecule has 0 aliphatic rings. The first-order valence-electron chi connectivity index (χ1n) is 20.7. The van der Waals surface area contributed by atoms with Gasteiger partial charge in [0.2, 0.25) is 17.6 Å². The van der Waals surface area contributed by atoms with Gasteiger partial charge in [0.05, 0.1) is 6.42 Å². The second kappa shape index (κ2) is 29.4. The van der Waals surface area contributed by atoms with Gasteiger partial charge in [-0.2, -0.15) is 24.4 Å². The minimum Gasteiger partial charge on any atom is -0.481 e. The van der Waals surface area contributed by atoms with Gasteiger partial charge in [-0.3, -0.25) is 14.4 Å². The number of unbranched alkanes of at least 4 members (excludes halogenated alkanes) is 1. The Labute approximate surface area is 363 Å². The highest BCUT2D eigenvalue weighted by atomic mass is 16.4. The van der Waals surface area contributed by atoms with Gasteiger partial charge in [0.1, 0.15) is 0 Å². The van der Waals surface area contributed by atoms with E-state index in [1.54, 1.807) is 0 Å². The number of H-pyrrole nitrogens is 1. The molecule has 5 aromatic rings. The first kappa shape index (κ1) is 51.3. The molecule has 328 valence electrons. The summed E-state index contributed by atoms with van der Waals surface area (Å²) in [4.78, 5) is 69.9. The molecule has 14 nitrogen and oxygen atoms in total. The topological polar surface area (TPSA) is 209 Å². The highest BCUT2D eigenvalue weighted by molar-refractivity contribution is 5.81. The van der Waals surface area contributed by atoms with Crippen molar-refractivity contribution in [1.29, 1.82) is 0 Å². The van der Waals surface area contributed by atoms with E-state index in [4.69, 9.17) is 24.3 Å². The van der Waals surface area contributed by atoms with Crippen LogP contribution in [0.15, 0.2) is 103 Å². The number of benzene rings is 4. The SMILES string of the molecule is CCCCC(=O)N(Cc1ccc(-c2ccccc2-c2nn[nH]n2)cc1)CC(C)C.CC[C@H](C)C[C@@H](Cc1ccc(-c2ccccc2)cc1)NC(=O)CCC(=O)O.O=C=O.O=C=O. The van der Waals surface area contributed by atoms with Gasteiger partial charge in [0.15, 0.2) is 0 Å². The molecule has 62 heavy (non-hydrogen) atoms. The van der Waals surface area contributed by atoms with Crippen LogP contribution >= 0.6 is 0 Å². The Hall–Kier alpha value is -6.88. The molecule has 0 bridgehead atoms. The summed E-state index contributed by atoms with van der Waals surface area (Å²) in [5.41, 5.74) is 7.73. The number of aliphatic carboxylic acids is 1. The molecule has 2 atom stereocenters. The lowest BCUT2D eigenvalue weighted by Gasteiger charge is -2.25. The Bertz CT molecular complexity index is 2100. The number of carboxylic acids is 1. The number of amides is 2. The quantitative estimate of drug-likeness (QED) is 0.0721. The Balaban J connectivity index is 0.000000380. The molecule has 0 spiro atoms. The summed E-state index contributed by atoms with van der Waals surface area (Å²) in [5.74, 6) is 0.633. The van der Waals surface area contributed by atoms with Crippen LogP contribution < -0.4 is 5.32 Å². The molecule has 3 N–H and O–H groups in total. The van der Waals surface area contributed by atoms with E-state index >= 15 is 0 Å². The van der Waals surface area contributed by atoms with Crippen LogP contribution in [-0.2, 0) is 46.5 Å². The monoisotopic (exact) mass is 846 g/mol. The number of aromatic amines is 1. The van der Waals surface area contributed by atoms with Crippen molar-refractivity contribution in [2.75, 3.05) is 6.54 Å². The normalized spacial score (nSPS) is 11.1. The van der Waals surface area contributed by atoms with Crippen molar-refractivity contribution >= 4 is 30.1 Å². The van der Waals surface area contributed by atoms with E-state index in [1.165, 1.54) is 16.7 Å². The first-order valence-corrected chi connectivity index (χ1v) is 20.7. The molecule has 2 amide bonds. The molecular weight excluding hydrogens is 789 g/mol. The van der Waals surface area contributed by atoms with E-state index in [-0.39, 0.29) is 43.0 Å². The van der Waals surface area contributed by atoms with Crippen LogP contribution in [-0.4, -0.2) is 73.3 Å². The Morgan fingerprint density at radius 3 is 1.84 bits per heavy atom. The van der Waals surface area contributed by atoms with Gasteiger partial charge in [-0.1, -0.05) is 151 Å². The zero-order valence-corrected chi connectivity index (χ0v) is 36.2. The molecule has 0 aliphatic carbocycles. The summed E-state index contributed by atoms with van der Waals surface area (Å²) in [7, 11) is 0. The second-order valence-electron chi connectivity index (χ2n) is 15.1. The van der Waals surface area contributed by atoms with Crippen molar-refractivity contribution < 1.29 is 38.7 Å². The molecule has 1 aromatic heterocycles. The van der Waals surface area contributed by atoms with E-state index < -0.39 is 5.97 Å². The third-order valence-electron chi connectivity index (χ3n) is 9.69. The first-order chi connectivity index (χ1) is 29.9. The smallest absolute Gasteiger partial charge is 0.373 e. The van der Waals surface area contributed by atoms with Crippen LogP contribution in [0.3, 0.4) is 0 Å². The summed E-state index contributed by atoms with van der Waals surface area (Å²) >= 11 is 0. The number of tetrazole rings is 1. The van der Waals surface area contributed by atoms with Gasteiger partial charge in [0, 0.05) is 37.5 Å². The van der Waals surface area contributed by atoms with Crippen LogP contribution in [0.2, 0.25) is 0 Å². The number of hydrogen-bond acceptors (Lipinski definition) is 10. The summed E-state index contributed by atoms with van der Waals surface area (Å²) in [6.07, 6.45) is 5.68. The van der Waals surface area contributed by atoms with Crippen molar-refractivity contribution in [2.45, 2.75) is 98.6 Å². The molecule has 14 heteroatoms. The second-order valence-corrected chi connectivity index (χ2v) is 15.1. The number of nitrogens with one attached hydrogen (secondary N) is 2. The molecule has 0 aliphatic heterocycles. The van der Waals surface area contributed by atoms with Gasteiger partial charge >= 0.3 is 18.3 Å². The van der Waals surface area contributed by atoms with Crippen molar-refractivity contribution in [1.82, 2.24) is 30.8 Å². The lowest BCUT2D eigenvalue weighted by atomic mass is 9.93. The van der Waals surface area contributed by atoms with E-state index in [0.29, 0.717) is 30.6 Å². The highest BCUT2D eigenvalue weighted by Gasteiger charge is 2.18. The van der Waals surface area contributed by atoms with E-state index in [2.05, 4.69) is 127 Å². The minimum absolute atomic E-state index is 0.0174. The fourth-order valence-electron chi connectivity index (χ4n) is 6.51. The lowest BCUT2D eigenvalue weighted by Crippen LogP contribution is -2.37. The van der Waals surface area contributed by atoms with Crippen molar-refractivity contribution in [2.24, 2.45) is 11.8 Å². The molecule has 0 fully saturated rings. The summed E-state index contributed by atoms with van der Waals surface area (Å²) < 4.78 is 0. The molecule has 0 saturated heterocycles. The third kappa shape index (κ3) is 19.5. The third-order valence-corrected chi connectivity index (χ3v) is 9.69. The number of carboxylic acid groups (broad SMARTS) is 1. The zero-order valence-electron chi connectivity index (χ0n) is 36.2. The van der Waals surface area contributed by atoms with Gasteiger partial charge in [-0.15, -0.1) is 10.2 Å². The summed E-state index contributed by atoms with van der Waals surface area (Å²) in [6, 6.07) is 35.1. The van der Waals surface area contributed by atoms with Crippen molar-refractivity contribution in [3.63, 3.8) is 0 Å². The molecular formula is C48H58N6O8. The fraction of sp³-hybridized carbons (Fsp3) is 0.375. The predicted octanol–water partition coefficient (Wildman–Crippen LogP) is 8.22. The van der Waals surface area contributed by atoms with Crippen LogP contribution in [0.25, 0.3) is 33.6 Å². The van der Waals surface area contributed by atoms with Crippen molar-refractivity contribution in [3.05, 3.63) is 114 Å². The summed E-state index contributed by atoms with van der Waals surface area (Å²) in [6.45, 7) is 12.2. The van der Waals surface area contributed by atoms with Crippen molar-refractivity contribution in [3.8, 4) is 33.6 Å². The number of rotatable bonds is 19. The fourth-order valence-corrected chi connectivity index (χ4v) is 6.51. The van der Waals surface area contributed by atoms with Crippen LogP contribution in [0.1, 0.15) is 90.7 Å². The maximum absolute atomic E-state index is 12.6. The Morgan fingerprint density at radius 1 is 0.726 bits per heavy atom. The van der Waals surface area contributed by atoms with Gasteiger partial charge in [0.25, 0.3) is 0 Å². The molecule has 0 saturated carbocycles. The van der Waals surface area contributed by atoms with E-state index in [9.17, 15) is 14.4 Å². The number of carbonyl (C=O) groups is 3. The van der Waals surface area contributed by atoms with Crippen LogP contribution in [0, 0.1) is 11.8 Å². The molecule has 0 radical (unpaired) electrons. The average Bonchev–Trinajstić information content (AvgIpc) is 3.81. The van der Waals surface area contributed by atoms with E-state index in [1.807, 2.05) is 41.3 Å². The lowest BCUT2D eigenvalue weighted by molar-refractivity contribution is -0.193. The molecule has 4 aromatic carbocycles. The standard InChI is InChI=1S/C23H29N5O.C23H29NO3.2CO2/c1-4-5-10-22(29)28(15-17(2)3)16-18-11-13-19(14-12-18)20-8-6-7-9-21(20)23-24-26-27-25-23;1-3-17(2)15-21(24-22(25)13-14-23(26)27)16-18-9-11-20(12-10-18)19-7-5-4-6-8-19;2*2-1-3/h6-9,11-14,17H,4-5,10,15-16H2,1-3H3,(H,24,25,26,27);4-12,17,21H,3,13-16H2,1-2H3,(H,24,25)(H,26,27);;/t;17-,21-;;/m.0../s1. The largest absolute Gasteiger partial charge is 0.481 e. The molecule has 5 rings (SSSR count). The summed E-state index contributed by atoms with van der Waals surface area (Å²) in [5, 5.41) is 26.2. The minimum atomic E-state index is -0.944. The zero-order chi connectivity index (χ0) is 45.7. The highest BCUT2D eigenvalue weighted by Crippen LogP contribution is 2.30. The average molecular weight is 847 g/mol. The van der Waals surface area contributed by atoms with Crippen LogP contribution in [0.4, 0.5) is 0 Å². The van der Waals surface area contributed by atoms with E-state index in [0.717, 1.165) is 60.9 Å². The Kier molecular flexibility index (Phi) is 24.3. The molecule has 1 heterocycles. The van der Waals surface area contributed by atoms with Crippen LogP contribution in [0.5, 0.6) is 0 Å². The maximum atomic E-state index is 12.6.